The molecule has 1 aliphatic rings. The lowest BCUT2D eigenvalue weighted by Gasteiger charge is -2.36. The van der Waals surface area contributed by atoms with Gasteiger partial charge in [-0.2, -0.15) is 0 Å². The Morgan fingerprint density at radius 2 is 1.68 bits per heavy atom. The smallest absolute Gasteiger partial charge is 0.0603 e. The molecular formula is C16H23N3. The molecule has 102 valence electrons. The van der Waals surface area contributed by atoms with Gasteiger partial charge in [0.25, 0.3) is 0 Å². The normalized spacial score (nSPS) is 16.1. The average molecular weight is 257 g/mol. The van der Waals surface area contributed by atoms with Gasteiger partial charge in [0.2, 0.25) is 0 Å². The third kappa shape index (κ3) is 3.50. The predicted octanol–water partition coefficient (Wildman–Crippen LogP) is 1.39. The van der Waals surface area contributed by atoms with Gasteiger partial charge in [-0.25, -0.2) is 0 Å². The number of aryl methyl sites for hydroxylation is 2. The lowest BCUT2D eigenvalue weighted by molar-refractivity contribution is 0.288. The Morgan fingerprint density at radius 1 is 1.05 bits per heavy atom. The predicted molar refractivity (Wildman–Crippen MR) is 81.4 cm³/mol. The van der Waals surface area contributed by atoms with Crippen molar-refractivity contribution in [1.29, 1.82) is 0 Å². The average Bonchev–Trinajstić information content (AvgIpc) is 2.40. The van der Waals surface area contributed by atoms with Crippen LogP contribution >= 0.6 is 0 Å². The van der Waals surface area contributed by atoms with E-state index in [1.165, 1.54) is 16.8 Å². The van der Waals surface area contributed by atoms with Crippen LogP contribution in [-0.4, -0.2) is 44.2 Å². The van der Waals surface area contributed by atoms with Crippen LogP contribution in [0.25, 0.3) is 0 Å². The zero-order chi connectivity index (χ0) is 13.7. The Bertz CT molecular complexity index is 456. The molecule has 1 aromatic carbocycles. The van der Waals surface area contributed by atoms with Gasteiger partial charge in [0.15, 0.2) is 0 Å². The number of anilines is 1. The van der Waals surface area contributed by atoms with Crippen LogP contribution in [0.3, 0.4) is 0 Å². The summed E-state index contributed by atoms with van der Waals surface area (Å²) in [6.45, 7) is 10.0. The van der Waals surface area contributed by atoms with E-state index in [0.717, 1.165) is 32.7 Å². The van der Waals surface area contributed by atoms with E-state index in [-0.39, 0.29) is 0 Å². The highest BCUT2D eigenvalue weighted by atomic mass is 15.3. The second kappa shape index (κ2) is 6.60. The van der Waals surface area contributed by atoms with Crippen molar-refractivity contribution in [1.82, 2.24) is 4.90 Å². The summed E-state index contributed by atoms with van der Waals surface area (Å²) in [6, 6.07) is 6.52. The fourth-order valence-electron chi connectivity index (χ4n) is 2.67. The SMILES string of the molecule is Cc1cccc(C)c1N1CCN(CC#CCN)CC1. The summed E-state index contributed by atoms with van der Waals surface area (Å²) in [5, 5.41) is 0. The number of rotatable bonds is 2. The van der Waals surface area contributed by atoms with Gasteiger partial charge in [-0.1, -0.05) is 30.0 Å². The van der Waals surface area contributed by atoms with E-state index in [2.05, 4.69) is 53.7 Å². The number of hydrogen-bond acceptors (Lipinski definition) is 3. The zero-order valence-electron chi connectivity index (χ0n) is 11.9. The summed E-state index contributed by atoms with van der Waals surface area (Å²) in [7, 11) is 0. The van der Waals surface area contributed by atoms with E-state index in [0.29, 0.717) is 6.54 Å². The van der Waals surface area contributed by atoms with Gasteiger partial charge >= 0.3 is 0 Å². The standard InChI is InChI=1S/C16H23N3/c1-14-6-5-7-15(2)16(14)19-12-10-18(11-13-19)9-4-3-8-17/h5-7H,8-13,17H2,1-2H3. The maximum Gasteiger partial charge on any atom is 0.0603 e. The van der Waals surface area contributed by atoms with Crippen LogP contribution < -0.4 is 10.6 Å². The molecule has 1 aliphatic heterocycles. The highest BCUT2D eigenvalue weighted by Gasteiger charge is 2.18. The summed E-state index contributed by atoms with van der Waals surface area (Å²) >= 11 is 0. The van der Waals surface area contributed by atoms with Gasteiger partial charge in [0, 0.05) is 31.9 Å². The van der Waals surface area contributed by atoms with Gasteiger partial charge in [-0.15, -0.1) is 0 Å². The minimum absolute atomic E-state index is 0.461. The van der Waals surface area contributed by atoms with E-state index < -0.39 is 0 Å². The monoisotopic (exact) mass is 257 g/mol. The Morgan fingerprint density at radius 3 is 2.26 bits per heavy atom. The first kappa shape index (κ1) is 13.9. The van der Waals surface area contributed by atoms with Crippen LogP contribution in [0.15, 0.2) is 18.2 Å². The molecule has 0 bridgehead atoms. The quantitative estimate of drug-likeness (QED) is 0.813. The second-order valence-corrected chi connectivity index (χ2v) is 5.06. The Kier molecular flexibility index (Phi) is 4.84. The number of piperazine rings is 1. The second-order valence-electron chi connectivity index (χ2n) is 5.06. The lowest BCUT2D eigenvalue weighted by atomic mass is 10.1. The number of para-hydroxylation sites is 1. The molecule has 0 unspecified atom stereocenters. The van der Waals surface area contributed by atoms with E-state index in [4.69, 9.17) is 5.73 Å². The third-order valence-corrected chi connectivity index (χ3v) is 3.66. The van der Waals surface area contributed by atoms with Crippen LogP contribution in [0.4, 0.5) is 5.69 Å². The van der Waals surface area contributed by atoms with Crippen LogP contribution in [0.5, 0.6) is 0 Å². The van der Waals surface area contributed by atoms with Crippen LogP contribution in [-0.2, 0) is 0 Å². The van der Waals surface area contributed by atoms with Crippen molar-refractivity contribution in [2.24, 2.45) is 5.73 Å². The van der Waals surface area contributed by atoms with Crippen molar-refractivity contribution in [2.45, 2.75) is 13.8 Å². The molecule has 1 heterocycles. The molecule has 19 heavy (non-hydrogen) atoms. The Balaban J connectivity index is 1.96. The molecule has 0 radical (unpaired) electrons. The maximum atomic E-state index is 5.38. The summed E-state index contributed by atoms with van der Waals surface area (Å²) in [5.41, 5.74) is 9.53. The lowest BCUT2D eigenvalue weighted by Crippen LogP contribution is -2.46. The maximum absolute atomic E-state index is 5.38. The van der Waals surface area contributed by atoms with Gasteiger partial charge in [-0.3, -0.25) is 4.90 Å². The van der Waals surface area contributed by atoms with Gasteiger partial charge in [0.05, 0.1) is 13.1 Å². The fraction of sp³-hybridized carbons (Fsp3) is 0.500. The zero-order valence-corrected chi connectivity index (χ0v) is 11.9. The van der Waals surface area contributed by atoms with Crippen molar-refractivity contribution < 1.29 is 0 Å². The van der Waals surface area contributed by atoms with E-state index in [1.807, 2.05) is 0 Å². The number of nitrogens with two attached hydrogens (primary N) is 1. The minimum Gasteiger partial charge on any atom is -0.369 e. The van der Waals surface area contributed by atoms with E-state index >= 15 is 0 Å². The van der Waals surface area contributed by atoms with E-state index in [9.17, 15) is 0 Å². The molecule has 3 nitrogen and oxygen atoms in total. The number of hydrogen-bond donors (Lipinski definition) is 1. The molecule has 1 aromatic rings. The minimum atomic E-state index is 0.461. The first-order valence-corrected chi connectivity index (χ1v) is 6.91. The molecule has 0 aliphatic carbocycles. The van der Waals surface area contributed by atoms with Crippen molar-refractivity contribution in [2.75, 3.05) is 44.2 Å². The van der Waals surface area contributed by atoms with E-state index in [1.54, 1.807) is 0 Å². The van der Waals surface area contributed by atoms with Crippen molar-refractivity contribution in [3.05, 3.63) is 29.3 Å². The molecule has 0 amide bonds. The Labute approximate surface area is 116 Å². The molecule has 2 N–H and O–H groups in total. The molecule has 0 aromatic heterocycles. The first-order valence-electron chi connectivity index (χ1n) is 6.91. The number of benzene rings is 1. The molecule has 0 spiro atoms. The molecule has 2 rings (SSSR count). The summed E-state index contributed by atoms with van der Waals surface area (Å²) in [5.74, 6) is 6.04. The molecule has 0 saturated carbocycles. The van der Waals surface area contributed by atoms with Gasteiger partial charge < -0.3 is 10.6 Å². The Hall–Kier alpha value is -1.50. The molecular weight excluding hydrogens is 234 g/mol. The molecule has 0 atom stereocenters. The molecule has 1 saturated heterocycles. The van der Waals surface area contributed by atoms with Crippen LogP contribution in [0, 0.1) is 25.7 Å². The van der Waals surface area contributed by atoms with Crippen molar-refractivity contribution in [3.63, 3.8) is 0 Å². The summed E-state index contributed by atoms with van der Waals surface area (Å²) in [6.07, 6.45) is 0. The van der Waals surface area contributed by atoms with Gasteiger partial charge in [-0.05, 0) is 25.0 Å². The summed E-state index contributed by atoms with van der Waals surface area (Å²) < 4.78 is 0. The summed E-state index contributed by atoms with van der Waals surface area (Å²) in [4.78, 5) is 4.89. The molecule has 3 heteroatoms. The third-order valence-electron chi connectivity index (χ3n) is 3.66. The number of nitrogens with zero attached hydrogens (tertiary/aromatic N) is 2. The largest absolute Gasteiger partial charge is 0.369 e. The topological polar surface area (TPSA) is 32.5 Å². The van der Waals surface area contributed by atoms with Crippen LogP contribution in [0.1, 0.15) is 11.1 Å². The van der Waals surface area contributed by atoms with Crippen LogP contribution in [0.2, 0.25) is 0 Å². The van der Waals surface area contributed by atoms with Crippen molar-refractivity contribution in [3.8, 4) is 11.8 Å². The van der Waals surface area contributed by atoms with Gasteiger partial charge in [0.1, 0.15) is 0 Å². The molecule has 1 fully saturated rings. The highest BCUT2D eigenvalue weighted by molar-refractivity contribution is 5.59. The fourth-order valence-corrected chi connectivity index (χ4v) is 2.67. The first-order chi connectivity index (χ1) is 9.22. The highest BCUT2D eigenvalue weighted by Crippen LogP contribution is 2.25. The van der Waals surface area contributed by atoms with Crippen molar-refractivity contribution >= 4 is 5.69 Å².